The van der Waals surface area contributed by atoms with Crippen molar-refractivity contribution < 1.29 is 4.79 Å². The number of carbonyl (C=O) groups excluding carboxylic acids is 1. The second-order valence-electron chi connectivity index (χ2n) is 4.84. The SMILES string of the molecule is CCN(CCNC(=O)C(S)C(C)C)C1CC1. The van der Waals surface area contributed by atoms with Gasteiger partial charge in [0.2, 0.25) is 5.91 Å². The van der Waals surface area contributed by atoms with E-state index in [0.29, 0.717) is 0 Å². The molecular formula is C12H24N2OS. The standard InChI is InChI=1S/C12H24N2OS/c1-4-14(10-5-6-10)8-7-13-12(15)11(16)9(2)3/h9-11,16H,4-8H2,1-3H3,(H,13,15). The topological polar surface area (TPSA) is 32.3 Å². The van der Waals surface area contributed by atoms with Crippen LogP contribution in [-0.4, -0.2) is 41.7 Å². The van der Waals surface area contributed by atoms with Gasteiger partial charge < -0.3 is 5.32 Å². The van der Waals surface area contributed by atoms with Gasteiger partial charge >= 0.3 is 0 Å². The first-order valence-electron chi connectivity index (χ1n) is 6.26. The summed E-state index contributed by atoms with van der Waals surface area (Å²) in [4.78, 5) is 14.1. The maximum Gasteiger partial charge on any atom is 0.233 e. The summed E-state index contributed by atoms with van der Waals surface area (Å²) >= 11 is 4.29. The third-order valence-electron chi connectivity index (χ3n) is 3.07. The van der Waals surface area contributed by atoms with Crippen LogP contribution in [0.1, 0.15) is 33.6 Å². The zero-order valence-electron chi connectivity index (χ0n) is 10.6. The molecule has 0 spiro atoms. The molecule has 1 amide bonds. The lowest BCUT2D eigenvalue weighted by atomic mass is 10.1. The molecular weight excluding hydrogens is 220 g/mol. The molecule has 94 valence electrons. The zero-order valence-corrected chi connectivity index (χ0v) is 11.5. The summed E-state index contributed by atoms with van der Waals surface area (Å²) in [5, 5.41) is 2.77. The van der Waals surface area contributed by atoms with Crippen molar-refractivity contribution in [2.24, 2.45) is 5.92 Å². The van der Waals surface area contributed by atoms with Gasteiger partial charge in [-0.2, -0.15) is 12.6 Å². The highest BCUT2D eigenvalue weighted by atomic mass is 32.1. The molecule has 1 N–H and O–H groups in total. The van der Waals surface area contributed by atoms with Crippen LogP contribution < -0.4 is 5.32 Å². The van der Waals surface area contributed by atoms with Crippen LogP contribution in [0.2, 0.25) is 0 Å². The van der Waals surface area contributed by atoms with Crippen molar-refractivity contribution in [1.29, 1.82) is 0 Å². The first-order valence-corrected chi connectivity index (χ1v) is 6.77. The van der Waals surface area contributed by atoms with Gasteiger partial charge in [-0.3, -0.25) is 9.69 Å². The third-order valence-corrected chi connectivity index (χ3v) is 3.90. The van der Waals surface area contributed by atoms with Gasteiger partial charge in [0.05, 0.1) is 5.25 Å². The molecule has 0 bridgehead atoms. The minimum atomic E-state index is -0.184. The number of nitrogens with one attached hydrogen (secondary N) is 1. The molecule has 0 radical (unpaired) electrons. The molecule has 1 atom stereocenters. The molecule has 1 rings (SSSR count). The van der Waals surface area contributed by atoms with Crippen molar-refractivity contribution in [2.45, 2.75) is 44.9 Å². The summed E-state index contributed by atoms with van der Waals surface area (Å²) in [6.07, 6.45) is 2.64. The Bertz CT molecular complexity index is 229. The highest BCUT2D eigenvalue weighted by Crippen LogP contribution is 2.25. The van der Waals surface area contributed by atoms with Gasteiger partial charge in [0.1, 0.15) is 0 Å². The first-order chi connectivity index (χ1) is 7.56. The molecule has 0 saturated heterocycles. The van der Waals surface area contributed by atoms with E-state index in [9.17, 15) is 4.79 Å². The molecule has 0 aromatic rings. The molecule has 0 aromatic carbocycles. The Balaban J connectivity index is 2.16. The Hall–Kier alpha value is -0.220. The molecule has 1 aliphatic carbocycles. The monoisotopic (exact) mass is 244 g/mol. The van der Waals surface area contributed by atoms with Crippen LogP contribution in [0.4, 0.5) is 0 Å². The molecule has 4 heteroatoms. The van der Waals surface area contributed by atoms with E-state index in [1.165, 1.54) is 12.8 Å². The summed E-state index contributed by atoms with van der Waals surface area (Å²) in [5.41, 5.74) is 0. The predicted octanol–water partition coefficient (Wildman–Crippen LogP) is 1.54. The van der Waals surface area contributed by atoms with Crippen LogP contribution in [0, 0.1) is 5.92 Å². The fraction of sp³-hybridized carbons (Fsp3) is 0.917. The second-order valence-corrected chi connectivity index (χ2v) is 5.40. The molecule has 0 aromatic heterocycles. The summed E-state index contributed by atoms with van der Waals surface area (Å²) in [5.74, 6) is 0.347. The Labute approximate surface area is 104 Å². The number of nitrogens with zero attached hydrogens (tertiary/aromatic N) is 1. The quantitative estimate of drug-likeness (QED) is 0.666. The molecule has 3 nitrogen and oxygen atoms in total. The van der Waals surface area contributed by atoms with E-state index in [-0.39, 0.29) is 17.1 Å². The van der Waals surface area contributed by atoms with Gasteiger partial charge in [-0.05, 0) is 25.3 Å². The normalized spacial score (nSPS) is 17.9. The molecule has 16 heavy (non-hydrogen) atoms. The number of rotatable bonds is 7. The van der Waals surface area contributed by atoms with E-state index in [1.807, 2.05) is 13.8 Å². The van der Waals surface area contributed by atoms with E-state index in [0.717, 1.165) is 25.7 Å². The fourth-order valence-corrected chi connectivity index (χ4v) is 1.86. The predicted molar refractivity (Wildman–Crippen MR) is 70.9 cm³/mol. The van der Waals surface area contributed by atoms with Gasteiger partial charge in [0.25, 0.3) is 0 Å². The third kappa shape index (κ3) is 4.34. The molecule has 0 aliphatic heterocycles. The van der Waals surface area contributed by atoms with Crippen molar-refractivity contribution in [3.8, 4) is 0 Å². The molecule has 1 saturated carbocycles. The van der Waals surface area contributed by atoms with E-state index in [1.54, 1.807) is 0 Å². The maximum atomic E-state index is 11.6. The van der Waals surface area contributed by atoms with E-state index in [4.69, 9.17) is 0 Å². The van der Waals surface area contributed by atoms with E-state index < -0.39 is 0 Å². The van der Waals surface area contributed by atoms with Crippen molar-refractivity contribution in [1.82, 2.24) is 10.2 Å². The van der Waals surface area contributed by atoms with Gasteiger partial charge in [0, 0.05) is 19.1 Å². The van der Waals surface area contributed by atoms with Gasteiger partial charge in [0.15, 0.2) is 0 Å². The summed E-state index contributed by atoms with van der Waals surface area (Å²) < 4.78 is 0. The minimum absolute atomic E-state index is 0.0604. The average Bonchev–Trinajstić information content (AvgIpc) is 3.06. The molecule has 1 aliphatic rings. The maximum absolute atomic E-state index is 11.6. The molecule has 1 unspecified atom stereocenters. The smallest absolute Gasteiger partial charge is 0.233 e. The van der Waals surface area contributed by atoms with Crippen LogP contribution in [-0.2, 0) is 4.79 Å². The lowest BCUT2D eigenvalue weighted by Gasteiger charge is -2.21. The highest BCUT2D eigenvalue weighted by Gasteiger charge is 2.27. The van der Waals surface area contributed by atoms with Gasteiger partial charge in [-0.1, -0.05) is 20.8 Å². The van der Waals surface area contributed by atoms with Crippen LogP contribution >= 0.6 is 12.6 Å². The largest absolute Gasteiger partial charge is 0.354 e. The second kappa shape index (κ2) is 6.50. The minimum Gasteiger partial charge on any atom is -0.354 e. The van der Waals surface area contributed by atoms with Crippen LogP contribution in [0.5, 0.6) is 0 Å². The van der Waals surface area contributed by atoms with Crippen molar-refractivity contribution >= 4 is 18.5 Å². The zero-order chi connectivity index (χ0) is 12.1. The number of amides is 1. The average molecular weight is 244 g/mol. The Morgan fingerprint density at radius 3 is 2.56 bits per heavy atom. The van der Waals surface area contributed by atoms with Crippen molar-refractivity contribution in [3.05, 3.63) is 0 Å². The van der Waals surface area contributed by atoms with Crippen LogP contribution in [0.25, 0.3) is 0 Å². The van der Waals surface area contributed by atoms with E-state index in [2.05, 4.69) is 29.8 Å². The van der Waals surface area contributed by atoms with Crippen molar-refractivity contribution in [2.75, 3.05) is 19.6 Å². The van der Waals surface area contributed by atoms with Crippen molar-refractivity contribution in [3.63, 3.8) is 0 Å². The van der Waals surface area contributed by atoms with Crippen LogP contribution in [0.3, 0.4) is 0 Å². The summed E-state index contributed by atoms with van der Waals surface area (Å²) in [7, 11) is 0. The number of carbonyl (C=O) groups is 1. The Morgan fingerprint density at radius 1 is 1.50 bits per heavy atom. The van der Waals surface area contributed by atoms with E-state index >= 15 is 0 Å². The van der Waals surface area contributed by atoms with Gasteiger partial charge in [-0.25, -0.2) is 0 Å². The Kier molecular flexibility index (Phi) is 5.62. The summed E-state index contributed by atoms with van der Waals surface area (Å²) in [6, 6.07) is 0.777. The number of likely N-dealkylation sites (N-methyl/N-ethyl adjacent to an activating group) is 1. The lowest BCUT2D eigenvalue weighted by Crippen LogP contribution is -2.40. The first kappa shape index (κ1) is 13.8. The molecule has 1 fully saturated rings. The lowest BCUT2D eigenvalue weighted by molar-refractivity contribution is -0.121. The van der Waals surface area contributed by atoms with Gasteiger partial charge in [-0.15, -0.1) is 0 Å². The number of hydrogen-bond acceptors (Lipinski definition) is 3. The fourth-order valence-electron chi connectivity index (χ4n) is 1.77. The Morgan fingerprint density at radius 2 is 2.12 bits per heavy atom. The molecule has 0 heterocycles. The van der Waals surface area contributed by atoms with Crippen LogP contribution in [0.15, 0.2) is 0 Å². The summed E-state index contributed by atoms with van der Waals surface area (Å²) in [6.45, 7) is 8.99. The number of thiol groups is 1. The highest BCUT2D eigenvalue weighted by molar-refractivity contribution is 7.81. The number of hydrogen-bond donors (Lipinski definition) is 2.